The fourth-order valence-electron chi connectivity index (χ4n) is 2.04. The van der Waals surface area contributed by atoms with Crippen LogP contribution in [0.3, 0.4) is 0 Å². The molecule has 0 bridgehead atoms. The molecular weight excluding hydrogens is 246 g/mol. The maximum absolute atomic E-state index is 5.93. The largest absolute Gasteiger partial charge is 0.457 e. The van der Waals surface area contributed by atoms with E-state index in [4.69, 9.17) is 4.74 Å². The van der Waals surface area contributed by atoms with Gasteiger partial charge in [-0.15, -0.1) is 0 Å². The minimum absolute atomic E-state index is 0.135. The number of hydrogen-bond donors (Lipinski definition) is 1. The molecular formula is C18H23NO. The molecule has 0 aromatic heterocycles. The average molecular weight is 269 g/mol. The van der Waals surface area contributed by atoms with Gasteiger partial charge in [-0.2, -0.15) is 0 Å². The van der Waals surface area contributed by atoms with Crippen LogP contribution in [-0.2, 0) is 12.0 Å². The van der Waals surface area contributed by atoms with Gasteiger partial charge in [0.1, 0.15) is 11.5 Å². The lowest BCUT2D eigenvalue weighted by Gasteiger charge is -2.19. The van der Waals surface area contributed by atoms with Crippen LogP contribution in [-0.4, -0.2) is 7.05 Å². The average Bonchev–Trinajstić information content (AvgIpc) is 2.41. The molecule has 1 N–H and O–H groups in total. The molecule has 2 rings (SSSR count). The van der Waals surface area contributed by atoms with Gasteiger partial charge in [0.2, 0.25) is 0 Å². The first kappa shape index (κ1) is 14.6. The van der Waals surface area contributed by atoms with Gasteiger partial charge in [-0.05, 0) is 47.9 Å². The molecule has 2 aromatic rings. The van der Waals surface area contributed by atoms with Crippen molar-refractivity contribution in [3.63, 3.8) is 0 Å². The molecule has 0 aliphatic heterocycles. The van der Waals surface area contributed by atoms with Gasteiger partial charge in [-0.25, -0.2) is 0 Å². The van der Waals surface area contributed by atoms with Gasteiger partial charge in [0.25, 0.3) is 0 Å². The second-order valence-corrected chi connectivity index (χ2v) is 6.05. The maximum atomic E-state index is 5.93. The standard InChI is InChI=1S/C18H23NO/c1-18(2,3)15-6-5-7-17(12-15)20-16-10-8-14(9-11-16)13-19-4/h5-12,19H,13H2,1-4H3. The van der Waals surface area contributed by atoms with Crippen LogP contribution in [0.4, 0.5) is 0 Å². The molecule has 0 heterocycles. The van der Waals surface area contributed by atoms with Gasteiger partial charge in [0.05, 0.1) is 0 Å². The Labute approximate surface area is 121 Å². The molecule has 0 unspecified atom stereocenters. The Balaban J connectivity index is 2.13. The highest BCUT2D eigenvalue weighted by atomic mass is 16.5. The van der Waals surface area contributed by atoms with Crippen LogP contribution in [0.5, 0.6) is 11.5 Å². The topological polar surface area (TPSA) is 21.3 Å². The van der Waals surface area contributed by atoms with Crippen LogP contribution in [0.25, 0.3) is 0 Å². The Morgan fingerprint density at radius 2 is 1.65 bits per heavy atom. The summed E-state index contributed by atoms with van der Waals surface area (Å²) < 4.78 is 5.93. The van der Waals surface area contributed by atoms with Crippen molar-refractivity contribution in [1.29, 1.82) is 0 Å². The molecule has 0 fully saturated rings. The lowest BCUT2D eigenvalue weighted by atomic mass is 9.87. The third-order valence-corrected chi connectivity index (χ3v) is 3.24. The van der Waals surface area contributed by atoms with Gasteiger partial charge in [-0.3, -0.25) is 0 Å². The highest BCUT2D eigenvalue weighted by molar-refractivity contribution is 5.37. The highest BCUT2D eigenvalue weighted by Gasteiger charge is 2.14. The van der Waals surface area contributed by atoms with Crippen molar-refractivity contribution in [3.8, 4) is 11.5 Å². The van der Waals surface area contributed by atoms with Gasteiger partial charge < -0.3 is 10.1 Å². The fourth-order valence-corrected chi connectivity index (χ4v) is 2.04. The molecule has 0 atom stereocenters. The maximum Gasteiger partial charge on any atom is 0.127 e. The summed E-state index contributed by atoms with van der Waals surface area (Å²) in [5.41, 5.74) is 2.67. The highest BCUT2D eigenvalue weighted by Crippen LogP contribution is 2.28. The minimum Gasteiger partial charge on any atom is -0.457 e. The van der Waals surface area contributed by atoms with E-state index in [1.54, 1.807) is 0 Å². The summed E-state index contributed by atoms with van der Waals surface area (Å²) >= 11 is 0. The number of ether oxygens (including phenoxy) is 1. The first-order valence-corrected chi connectivity index (χ1v) is 7.01. The van der Waals surface area contributed by atoms with Crippen LogP contribution < -0.4 is 10.1 Å². The summed E-state index contributed by atoms with van der Waals surface area (Å²) in [6.45, 7) is 7.50. The van der Waals surface area contributed by atoms with E-state index in [-0.39, 0.29) is 5.41 Å². The van der Waals surface area contributed by atoms with Crippen LogP contribution in [0.15, 0.2) is 48.5 Å². The molecule has 0 aliphatic rings. The van der Waals surface area contributed by atoms with Crippen molar-refractivity contribution in [2.45, 2.75) is 32.7 Å². The molecule has 106 valence electrons. The summed E-state index contributed by atoms with van der Waals surface area (Å²) in [6, 6.07) is 16.5. The van der Waals surface area contributed by atoms with Crippen molar-refractivity contribution in [2.75, 3.05) is 7.05 Å². The summed E-state index contributed by atoms with van der Waals surface area (Å²) in [5, 5.41) is 3.14. The predicted octanol–water partition coefficient (Wildman–Crippen LogP) is 4.50. The van der Waals surface area contributed by atoms with E-state index in [1.807, 2.05) is 31.3 Å². The molecule has 2 nitrogen and oxygen atoms in total. The summed E-state index contributed by atoms with van der Waals surface area (Å²) in [6.07, 6.45) is 0. The van der Waals surface area contributed by atoms with E-state index >= 15 is 0 Å². The fraction of sp³-hybridized carbons (Fsp3) is 0.333. The Bertz CT molecular complexity index is 552. The predicted molar refractivity (Wildman–Crippen MR) is 84.4 cm³/mol. The summed E-state index contributed by atoms with van der Waals surface area (Å²) in [5.74, 6) is 1.76. The SMILES string of the molecule is CNCc1ccc(Oc2cccc(C(C)(C)C)c2)cc1. The molecule has 2 heteroatoms. The minimum atomic E-state index is 0.135. The monoisotopic (exact) mass is 269 g/mol. The Morgan fingerprint density at radius 1 is 0.950 bits per heavy atom. The second kappa shape index (κ2) is 6.10. The zero-order valence-electron chi connectivity index (χ0n) is 12.7. The number of nitrogens with one attached hydrogen (secondary N) is 1. The molecule has 0 amide bonds. The molecule has 0 aliphatic carbocycles. The third kappa shape index (κ3) is 3.84. The number of benzene rings is 2. The van der Waals surface area contributed by atoms with Gasteiger partial charge in [0, 0.05) is 6.54 Å². The van der Waals surface area contributed by atoms with Crippen molar-refractivity contribution in [3.05, 3.63) is 59.7 Å². The first-order chi connectivity index (χ1) is 9.49. The van der Waals surface area contributed by atoms with E-state index in [0.717, 1.165) is 18.0 Å². The quantitative estimate of drug-likeness (QED) is 0.882. The van der Waals surface area contributed by atoms with Crippen molar-refractivity contribution < 1.29 is 4.74 Å². The van der Waals surface area contributed by atoms with Crippen molar-refractivity contribution in [1.82, 2.24) is 5.32 Å². The van der Waals surface area contributed by atoms with E-state index in [0.29, 0.717) is 0 Å². The summed E-state index contributed by atoms with van der Waals surface area (Å²) in [4.78, 5) is 0. The van der Waals surface area contributed by atoms with E-state index in [1.165, 1.54) is 11.1 Å². The number of rotatable bonds is 4. The van der Waals surface area contributed by atoms with Gasteiger partial charge in [0.15, 0.2) is 0 Å². The first-order valence-electron chi connectivity index (χ1n) is 7.01. The smallest absolute Gasteiger partial charge is 0.127 e. The second-order valence-electron chi connectivity index (χ2n) is 6.05. The van der Waals surface area contributed by atoms with Crippen molar-refractivity contribution >= 4 is 0 Å². The van der Waals surface area contributed by atoms with Gasteiger partial charge in [-0.1, -0.05) is 45.0 Å². The number of hydrogen-bond acceptors (Lipinski definition) is 2. The lowest BCUT2D eigenvalue weighted by Crippen LogP contribution is -2.10. The van der Waals surface area contributed by atoms with Crippen LogP contribution in [0, 0.1) is 0 Å². The van der Waals surface area contributed by atoms with E-state index in [2.05, 4.69) is 50.4 Å². The van der Waals surface area contributed by atoms with Gasteiger partial charge >= 0.3 is 0 Å². The Kier molecular flexibility index (Phi) is 4.46. The zero-order chi connectivity index (χ0) is 14.6. The zero-order valence-corrected chi connectivity index (χ0v) is 12.7. The normalized spacial score (nSPS) is 11.4. The Hall–Kier alpha value is -1.80. The molecule has 0 spiro atoms. The van der Waals surface area contributed by atoms with Crippen LogP contribution in [0.2, 0.25) is 0 Å². The Morgan fingerprint density at radius 3 is 2.25 bits per heavy atom. The van der Waals surface area contributed by atoms with E-state index in [9.17, 15) is 0 Å². The molecule has 2 aromatic carbocycles. The van der Waals surface area contributed by atoms with Crippen molar-refractivity contribution in [2.24, 2.45) is 0 Å². The molecule has 20 heavy (non-hydrogen) atoms. The molecule has 0 saturated heterocycles. The molecule has 0 radical (unpaired) electrons. The molecule has 0 saturated carbocycles. The van der Waals surface area contributed by atoms with E-state index < -0.39 is 0 Å². The summed E-state index contributed by atoms with van der Waals surface area (Å²) in [7, 11) is 1.95. The third-order valence-electron chi connectivity index (χ3n) is 3.24. The lowest BCUT2D eigenvalue weighted by molar-refractivity contribution is 0.478. The van der Waals surface area contributed by atoms with Crippen LogP contribution >= 0.6 is 0 Å². The van der Waals surface area contributed by atoms with Crippen LogP contribution in [0.1, 0.15) is 31.9 Å².